The zero-order valence-electron chi connectivity index (χ0n) is 11.5. The van der Waals surface area contributed by atoms with Gasteiger partial charge < -0.3 is 4.74 Å². The van der Waals surface area contributed by atoms with Crippen LogP contribution in [0.15, 0.2) is 42.5 Å². The number of carbonyl (C=O) groups excluding carboxylic acids is 1. The van der Waals surface area contributed by atoms with Gasteiger partial charge in [-0.3, -0.25) is 10.00 Å². The first-order valence-electron chi connectivity index (χ1n) is 6.91. The van der Waals surface area contributed by atoms with Crippen LogP contribution in [-0.4, -0.2) is 29.4 Å². The van der Waals surface area contributed by atoms with Gasteiger partial charge in [-0.2, -0.15) is 5.10 Å². The van der Waals surface area contributed by atoms with Crippen LogP contribution in [0.1, 0.15) is 0 Å². The third-order valence-corrected chi connectivity index (χ3v) is 3.99. The highest BCUT2D eigenvalue weighted by Crippen LogP contribution is 2.31. The molecule has 4 rings (SSSR count). The third-order valence-electron chi connectivity index (χ3n) is 3.74. The fourth-order valence-corrected chi connectivity index (χ4v) is 2.75. The van der Waals surface area contributed by atoms with E-state index in [0.717, 1.165) is 27.8 Å². The van der Waals surface area contributed by atoms with E-state index < -0.39 is 0 Å². The third kappa shape index (κ3) is 2.10. The molecule has 1 N–H and O–H groups in total. The molecule has 2 heterocycles. The van der Waals surface area contributed by atoms with Crippen LogP contribution in [0.2, 0.25) is 5.02 Å². The first-order valence-corrected chi connectivity index (χ1v) is 7.28. The molecule has 1 aromatic heterocycles. The molecule has 0 saturated carbocycles. The molecule has 5 nitrogen and oxygen atoms in total. The van der Waals surface area contributed by atoms with Gasteiger partial charge in [0, 0.05) is 21.7 Å². The number of amides is 1. The van der Waals surface area contributed by atoms with Gasteiger partial charge in [-0.05, 0) is 30.3 Å². The Morgan fingerprint density at radius 1 is 1.18 bits per heavy atom. The quantitative estimate of drug-likeness (QED) is 0.782. The molecule has 1 aliphatic heterocycles. The number of nitrogens with one attached hydrogen (secondary N) is 1. The van der Waals surface area contributed by atoms with Gasteiger partial charge in [-0.15, -0.1) is 0 Å². The Morgan fingerprint density at radius 2 is 2.00 bits per heavy atom. The molecule has 1 fully saturated rings. The Bertz CT molecular complexity index is 857. The Balaban J connectivity index is 1.83. The second kappa shape index (κ2) is 5.03. The summed E-state index contributed by atoms with van der Waals surface area (Å²) in [4.78, 5) is 13.3. The number of ether oxygens (including phenoxy) is 1. The molecule has 0 atom stereocenters. The van der Waals surface area contributed by atoms with Crippen molar-refractivity contribution in [1.29, 1.82) is 0 Å². The predicted octanol–water partition coefficient (Wildman–Crippen LogP) is 3.84. The molecule has 22 heavy (non-hydrogen) atoms. The molecule has 1 amide bonds. The number of cyclic esters (lactones) is 1. The Labute approximate surface area is 131 Å². The van der Waals surface area contributed by atoms with Crippen LogP contribution < -0.4 is 4.90 Å². The van der Waals surface area contributed by atoms with Crippen LogP contribution in [0.4, 0.5) is 10.5 Å². The minimum Gasteiger partial charge on any atom is -0.447 e. The molecule has 0 spiro atoms. The van der Waals surface area contributed by atoms with Crippen molar-refractivity contribution in [2.45, 2.75) is 0 Å². The highest BCUT2D eigenvalue weighted by Gasteiger charge is 2.24. The minimum absolute atomic E-state index is 0.309. The normalized spacial score (nSPS) is 14.6. The number of rotatable bonds is 2. The maximum Gasteiger partial charge on any atom is 0.414 e. The van der Waals surface area contributed by atoms with Gasteiger partial charge >= 0.3 is 6.09 Å². The number of benzene rings is 2. The summed E-state index contributed by atoms with van der Waals surface area (Å²) in [6, 6.07) is 13.3. The number of aromatic amines is 1. The number of H-pyrrole nitrogens is 1. The fraction of sp³-hybridized carbons (Fsp3) is 0.125. The van der Waals surface area contributed by atoms with Crippen molar-refractivity contribution < 1.29 is 9.53 Å². The Hall–Kier alpha value is -2.53. The van der Waals surface area contributed by atoms with Crippen molar-refractivity contribution in [1.82, 2.24) is 10.2 Å². The molecule has 1 aliphatic rings. The van der Waals surface area contributed by atoms with E-state index in [1.54, 1.807) is 4.90 Å². The highest BCUT2D eigenvalue weighted by molar-refractivity contribution is 6.30. The molecule has 6 heteroatoms. The summed E-state index contributed by atoms with van der Waals surface area (Å²) in [5, 5.41) is 9.03. The summed E-state index contributed by atoms with van der Waals surface area (Å²) in [6.45, 7) is 0.991. The van der Waals surface area contributed by atoms with Crippen LogP contribution in [0.3, 0.4) is 0 Å². The van der Waals surface area contributed by atoms with Crippen molar-refractivity contribution in [3.05, 3.63) is 47.5 Å². The summed E-state index contributed by atoms with van der Waals surface area (Å²) < 4.78 is 4.99. The summed E-state index contributed by atoms with van der Waals surface area (Å²) >= 11 is 5.93. The molecule has 0 aliphatic carbocycles. The van der Waals surface area contributed by atoms with E-state index in [4.69, 9.17) is 16.3 Å². The number of halogens is 1. The van der Waals surface area contributed by atoms with Gasteiger partial charge in [-0.1, -0.05) is 23.7 Å². The lowest BCUT2D eigenvalue weighted by atomic mass is 10.1. The smallest absolute Gasteiger partial charge is 0.414 e. The monoisotopic (exact) mass is 313 g/mol. The topological polar surface area (TPSA) is 58.2 Å². The number of nitrogens with zero attached hydrogens (tertiary/aromatic N) is 2. The summed E-state index contributed by atoms with van der Waals surface area (Å²) in [6.07, 6.45) is -0.309. The largest absolute Gasteiger partial charge is 0.447 e. The zero-order valence-corrected chi connectivity index (χ0v) is 12.3. The molecule has 0 bridgehead atoms. The Kier molecular flexibility index (Phi) is 3.01. The zero-order chi connectivity index (χ0) is 15.1. The first-order chi connectivity index (χ1) is 10.7. The summed E-state index contributed by atoms with van der Waals surface area (Å²) in [5.41, 5.74) is 3.53. The maximum absolute atomic E-state index is 11.7. The Morgan fingerprint density at radius 3 is 2.73 bits per heavy atom. The van der Waals surface area contributed by atoms with Gasteiger partial charge in [0.15, 0.2) is 0 Å². The van der Waals surface area contributed by atoms with Gasteiger partial charge in [0.2, 0.25) is 0 Å². The second-order valence-corrected chi connectivity index (χ2v) is 5.51. The molecule has 3 aromatic rings. The number of anilines is 1. The van der Waals surface area contributed by atoms with E-state index in [1.807, 2.05) is 42.5 Å². The van der Waals surface area contributed by atoms with E-state index in [-0.39, 0.29) is 6.09 Å². The van der Waals surface area contributed by atoms with Crippen LogP contribution in [-0.2, 0) is 4.74 Å². The van der Waals surface area contributed by atoms with Crippen LogP contribution >= 0.6 is 11.6 Å². The first kappa shape index (κ1) is 13.2. The molecule has 0 radical (unpaired) electrons. The fourth-order valence-electron chi connectivity index (χ4n) is 2.63. The molecular weight excluding hydrogens is 302 g/mol. The van der Waals surface area contributed by atoms with E-state index in [2.05, 4.69) is 10.2 Å². The van der Waals surface area contributed by atoms with Crippen molar-refractivity contribution in [2.75, 3.05) is 18.1 Å². The van der Waals surface area contributed by atoms with E-state index >= 15 is 0 Å². The van der Waals surface area contributed by atoms with Gasteiger partial charge in [0.05, 0.1) is 17.8 Å². The SMILES string of the molecule is O=C1OCCN1c1ccc2[nH]nc(-c3ccc(Cl)cc3)c2c1. The van der Waals surface area contributed by atoms with Crippen LogP contribution in [0, 0.1) is 0 Å². The lowest BCUT2D eigenvalue weighted by Gasteiger charge is -2.12. The lowest BCUT2D eigenvalue weighted by Crippen LogP contribution is -2.23. The summed E-state index contributed by atoms with van der Waals surface area (Å²) in [7, 11) is 0. The van der Waals surface area contributed by atoms with Crippen molar-refractivity contribution in [3.63, 3.8) is 0 Å². The second-order valence-electron chi connectivity index (χ2n) is 5.08. The van der Waals surface area contributed by atoms with E-state index in [9.17, 15) is 4.79 Å². The maximum atomic E-state index is 11.7. The van der Waals surface area contributed by atoms with Crippen molar-refractivity contribution >= 4 is 34.3 Å². The standard InChI is InChI=1S/C16H12ClN3O2/c17-11-3-1-10(2-4-11)15-13-9-12(5-6-14(13)18-19-15)20-7-8-22-16(20)21/h1-6,9H,7-8H2,(H,18,19). The number of hydrogen-bond acceptors (Lipinski definition) is 3. The number of carbonyl (C=O) groups is 1. The number of hydrogen-bond donors (Lipinski definition) is 1. The molecule has 0 unspecified atom stereocenters. The molecule has 1 saturated heterocycles. The van der Waals surface area contributed by atoms with Crippen molar-refractivity contribution in [2.24, 2.45) is 0 Å². The average molecular weight is 314 g/mol. The molecule has 110 valence electrons. The van der Waals surface area contributed by atoms with E-state index in [1.165, 1.54) is 0 Å². The lowest BCUT2D eigenvalue weighted by molar-refractivity contribution is 0.181. The van der Waals surface area contributed by atoms with Crippen LogP contribution in [0.25, 0.3) is 22.2 Å². The number of aromatic nitrogens is 2. The molecular formula is C16H12ClN3O2. The summed E-state index contributed by atoms with van der Waals surface area (Å²) in [5.74, 6) is 0. The van der Waals surface area contributed by atoms with Crippen LogP contribution in [0.5, 0.6) is 0 Å². The minimum atomic E-state index is -0.309. The van der Waals surface area contributed by atoms with Crippen molar-refractivity contribution in [3.8, 4) is 11.3 Å². The van der Waals surface area contributed by atoms with Gasteiger partial charge in [0.1, 0.15) is 6.61 Å². The van der Waals surface area contributed by atoms with Gasteiger partial charge in [-0.25, -0.2) is 4.79 Å². The van der Waals surface area contributed by atoms with E-state index in [0.29, 0.717) is 18.2 Å². The average Bonchev–Trinajstić information content (AvgIpc) is 3.13. The predicted molar refractivity (Wildman–Crippen MR) is 85.2 cm³/mol. The number of fused-ring (bicyclic) bond motifs is 1. The molecule has 2 aromatic carbocycles. The highest BCUT2D eigenvalue weighted by atomic mass is 35.5. The van der Waals surface area contributed by atoms with Gasteiger partial charge in [0.25, 0.3) is 0 Å².